The number of benzene rings is 1. The summed E-state index contributed by atoms with van der Waals surface area (Å²) in [7, 11) is 1.81. The average molecular weight is 328 g/mol. The van der Waals surface area contributed by atoms with Crippen LogP contribution in [0.3, 0.4) is 0 Å². The van der Waals surface area contributed by atoms with Crippen LogP contribution >= 0.6 is 0 Å². The van der Waals surface area contributed by atoms with E-state index in [1.807, 2.05) is 19.1 Å². The number of aliphatic hydroxyl groups is 1. The molecule has 1 aliphatic carbocycles. The number of amides is 1. The van der Waals surface area contributed by atoms with Crippen molar-refractivity contribution in [1.82, 2.24) is 14.7 Å². The highest BCUT2D eigenvalue weighted by Crippen LogP contribution is 2.35. The number of aliphatic hydroxyl groups excluding tert-OH is 1. The van der Waals surface area contributed by atoms with Gasteiger partial charge >= 0.3 is 0 Å². The summed E-state index contributed by atoms with van der Waals surface area (Å²) >= 11 is 0. The third-order valence-corrected chi connectivity index (χ3v) is 4.55. The van der Waals surface area contributed by atoms with Gasteiger partial charge in [0.15, 0.2) is 0 Å². The molecule has 0 fully saturated rings. The zero-order valence-corrected chi connectivity index (χ0v) is 14.2. The smallest absolute Gasteiger partial charge is 0.239 e. The first-order valence-electron chi connectivity index (χ1n) is 8.31. The molecule has 3 rings (SSSR count). The molecule has 1 aromatic carbocycles. The lowest BCUT2D eigenvalue weighted by Gasteiger charge is -2.28. The summed E-state index contributed by atoms with van der Waals surface area (Å²) < 4.78 is 1.66. The maximum Gasteiger partial charge on any atom is 0.239 e. The summed E-state index contributed by atoms with van der Waals surface area (Å²) in [6.45, 7) is 2.67. The molecule has 0 saturated carbocycles. The van der Waals surface area contributed by atoms with Gasteiger partial charge in [-0.15, -0.1) is 0 Å². The monoisotopic (exact) mass is 328 g/mol. The highest BCUT2D eigenvalue weighted by molar-refractivity contribution is 5.91. The van der Waals surface area contributed by atoms with Gasteiger partial charge in [0.05, 0.1) is 18.8 Å². The van der Waals surface area contributed by atoms with Gasteiger partial charge in [-0.25, -0.2) is 0 Å². The van der Waals surface area contributed by atoms with Gasteiger partial charge in [-0.1, -0.05) is 24.3 Å². The van der Waals surface area contributed by atoms with E-state index in [1.54, 1.807) is 11.7 Å². The second-order valence-corrected chi connectivity index (χ2v) is 6.29. The molecular formula is C18H24N4O2. The van der Waals surface area contributed by atoms with Crippen LogP contribution in [0.4, 0.5) is 5.82 Å². The summed E-state index contributed by atoms with van der Waals surface area (Å²) in [4.78, 5) is 14.5. The van der Waals surface area contributed by atoms with Crippen molar-refractivity contribution < 1.29 is 9.90 Å². The second kappa shape index (κ2) is 7.15. The number of rotatable bonds is 6. The number of fused-ring (bicyclic) bond motifs is 1. The van der Waals surface area contributed by atoms with Gasteiger partial charge in [0, 0.05) is 25.7 Å². The Labute approximate surface area is 142 Å². The molecule has 6 nitrogen and oxygen atoms in total. The first-order valence-corrected chi connectivity index (χ1v) is 8.31. The summed E-state index contributed by atoms with van der Waals surface area (Å²) in [5, 5.41) is 16.5. The molecule has 0 radical (unpaired) electrons. The fourth-order valence-electron chi connectivity index (χ4n) is 3.48. The molecule has 0 aliphatic heterocycles. The van der Waals surface area contributed by atoms with Gasteiger partial charge in [-0.05, 0) is 30.9 Å². The van der Waals surface area contributed by atoms with E-state index in [0.29, 0.717) is 12.4 Å². The van der Waals surface area contributed by atoms with Crippen LogP contribution in [-0.2, 0) is 18.3 Å². The Morgan fingerprint density at radius 1 is 1.46 bits per heavy atom. The van der Waals surface area contributed by atoms with E-state index in [2.05, 4.69) is 33.5 Å². The van der Waals surface area contributed by atoms with E-state index in [1.165, 1.54) is 11.1 Å². The van der Waals surface area contributed by atoms with Crippen LogP contribution in [0.25, 0.3) is 0 Å². The van der Waals surface area contributed by atoms with Crippen molar-refractivity contribution >= 4 is 11.7 Å². The lowest BCUT2D eigenvalue weighted by molar-refractivity contribution is -0.118. The Hall–Kier alpha value is -2.18. The molecule has 1 unspecified atom stereocenters. The van der Waals surface area contributed by atoms with E-state index in [4.69, 9.17) is 0 Å². The fraction of sp³-hybridized carbons (Fsp3) is 0.444. The standard InChI is InChI=1S/C18H24N4O2/c1-13-11-17(21(2)20-13)19-18(24)12-22(9-10-23)16-8-7-14-5-3-4-6-15(14)16/h3-6,11,16,23H,7-10,12H2,1-2H3,(H,19,24). The fourth-order valence-corrected chi connectivity index (χ4v) is 3.48. The highest BCUT2D eigenvalue weighted by Gasteiger charge is 2.28. The number of hydrogen-bond donors (Lipinski definition) is 2. The average Bonchev–Trinajstić information content (AvgIpc) is 3.10. The number of aryl methyl sites for hydroxylation is 3. The number of nitrogens with one attached hydrogen (secondary N) is 1. The molecule has 2 aromatic rings. The minimum Gasteiger partial charge on any atom is -0.395 e. The van der Waals surface area contributed by atoms with Crippen molar-refractivity contribution in [3.8, 4) is 0 Å². The number of nitrogens with zero attached hydrogens (tertiary/aromatic N) is 3. The second-order valence-electron chi connectivity index (χ2n) is 6.29. The van der Waals surface area contributed by atoms with Crippen LogP contribution in [0.5, 0.6) is 0 Å². The van der Waals surface area contributed by atoms with Crippen LogP contribution in [0.15, 0.2) is 30.3 Å². The summed E-state index contributed by atoms with van der Waals surface area (Å²) in [6.07, 6.45) is 2.00. The molecule has 1 aliphatic rings. The van der Waals surface area contributed by atoms with E-state index >= 15 is 0 Å². The van der Waals surface area contributed by atoms with E-state index in [9.17, 15) is 9.90 Å². The number of carbonyl (C=O) groups is 1. The molecule has 1 amide bonds. The molecule has 1 heterocycles. The predicted molar refractivity (Wildman–Crippen MR) is 92.7 cm³/mol. The topological polar surface area (TPSA) is 70.4 Å². The van der Waals surface area contributed by atoms with Gasteiger partial charge in [0.25, 0.3) is 0 Å². The van der Waals surface area contributed by atoms with Crippen molar-refractivity contribution in [3.63, 3.8) is 0 Å². The maximum atomic E-state index is 12.5. The first-order chi connectivity index (χ1) is 11.6. The minimum absolute atomic E-state index is 0.0385. The van der Waals surface area contributed by atoms with Gasteiger partial charge in [-0.3, -0.25) is 14.4 Å². The van der Waals surface area contributed by atoms with E-state index < -0.39 is 0 Å². The van der Waals surface area contributed by atoms with Crippen LogP contribution < -0.4 is 5.32 Å². The van der Waals surface area contributed by atoms with Crippen molar-refractivity contribution in [3.05, 3.63) is 47.2 Å². The first kappa shape index (κ1) is 16.7. The SMILES string of the molecule is Cc1cc(NC(=O)CN(CCO)C2CCc3ccccc32)n(C)n1. The number of aromatic nitrogens is 2. The van der Waals surface area contributed by atoms with Crippen LogP contribution in [0, 0.1) is 6.92 Å². The molecule has 0 saturated heterocycles. The maximum absolute atomic E-state index is 12.5. The predicted octanol–water partition coefficient (Wildman–Crippen LogP) is 1.65. The quantitative estimate of drug-likeness (QED) is 0.846. The zero-order valence-electron chi connectivity index (χ0n) is 14.2. The third-order valence-electron chi connectivity index (χ3n) is 4.55. The molecular weight excluding hydrogens is 304 g/mol. The molecule has 0 bridgehead atoms. The van der Waals surface area contributed by atoms with E-state index in [0.717, 1.165) is 18.5 Å². The zero-order chi connectivity index (χ0) is 17.1. The van der Waals surface area contributed by atoms with Gasteiger partial charge in [0.1, 0.15) is 5.82 Å². The van der Waals surface area contributed by atoms with Crippen LogP contribution in [0.2, 0.25) is 0 Å². The molecule has 2 N–H and O–H groups in total. The number of hydrogen-bond acceptors (Lipinski definition) is 4. The summed E-state index contributed by atoms with van der Waals surface area (Å²) in [5.74, 6) is 0.601. The van der Waals surface area contributed by atoms with Gasteiger partial charge in [-0.2, -0.15) is 5.10 Å². The highest BCUT2D eigenvalue weighted by atomic mass is 16.3. The largest absolute Gasteiger partial charge is 0.395 e. The van der Waals surface area contributed by atoms with Crippen molar-refractivity contribution in [1.29, 1.82) is 0 Å². The number of anilines is 1. The molecule has 24 heavy (non-hydrogen) atoms. The lowest BCUT2D eigenvalue weighted by atomic mass is 10.1. The third kappa shape index (κ3) is 3.49. The van der Waals surface area contributed by atoms with Gasteiger partial charge < -0.3 is 10.4 Å². The van der Waals surface area contributed by atoms with Gasteiger partial charge in [0.2, 0.25) is 5.91 Å². The lowest BCUT2D eigenvalue weighted by Crippen LogP contribution is -2.37. The van der Waals surface area contributed by atoms with Crippen molar-refractivity contribution in [2.45, 2.75) is 25.8 Å². The Bertz CT molecular complexity index is 726. The van der Waals surface area contributed by atoms with E-state index in [-0.39, 0.29) is 25.1 Å². The summed E-state index contributed by atoms with van der Waals surface area (Å²) in [6, 6.07) is 10.4. The van der Waals surface area contributed by atoms with Crippen LogP contribution in [-0.4, -0.2) is 45.4 Å². The Kier molecular flexibility index (Phi) is 4.97. The molecule has 0 spiro atoms. The molecule has 1 atom stereocenters. The summed E-state index contributed by atoms with van der Waals surface area (Å²) in [5.41, 5.74) is 3.48. The Balaban J connectivity index is 1.70. The van der Waals surface area contributed by atoms with Crippen molar-refractivity contribution in [2.24, 2.45) is 7.05 Å². The molecule has 1 aromatic heterocycles. The van der Waals surface area contributed by atoms with Crippen molar-refractivity contribution in [2.75, 3.05) is 25.0 Å². The minimum atomic E-state index is -0.0872. The Morgan fingerprint density at radius 2 is 2.25 bits per heavy atom. The molecule has 6 heteroatoms. The molecule has 128 valence electrons. The Morgan fingerprint density at radius 3 is 2.96 bits per heavy atom. The van der Waals surface area contributed by atoms with Crippen LogP contribution in [0.1, 0.15) is 29.3 Å². The number of carbonyl (C=O) groups excluding carboxylic acids is 1. The normalized spacial score (nSPS) is 16.4.